The van der Waals surface area contributed by atoms with Crippen LogP contribution >= 0.6 is 0 Å². The smallest absolute Gasteiger partial charge is 0.0384 e. The second-order valence-corrected chi connectivity index (χ2v) is 10.6. The highest BCUT2D eigenvalue weighted by Gasteiger charge is 2.08. The van der Waals surface area contributed by atoms with Gasteiger partial charge < -0.3 is 5.32 Å². The lowest BCUT2D eigenvalue weighted by Gasteiger charge is -2.17. The summed E-state index contributed by atoms with van der Waals surface area (Å²) in [7, 11) is 0. The summed E-state index contributed by atoms with van der Waals surface area (Å²) < 4.78 is 0. The second kappa shape index (κ2) is 42.1. The summed E-state index contributed by atoms with van der Waals surface area (Å²) in [6, 6.07) is 0. The van der Waals surface area contributed by atoms with E-state index in [1.165, 1.54) is 63.4 Å². The lowest BCUT2D eigenvalue weighted by atomic mass is 10.0. The minimum absolute atomic E-state index is 0.857. The van der Waals surface area contributed by atoms with Gasteiger partial charge >= 0.3 is 0 Å². The Labute approximate surface area is 275 Å². The normalized spacial score (nSPS) is 10.7. The van der Waals surface area contributed by atoms with Crippen LogP contribution in [0, 0.1) is 5.92 Å². The Balaban J connectivity index is -0.000000133. The summed E-state index contributed by atoms with van der Waals surface area (Å²) in [5.74, 6) is 0.963. The fourth-order valence-electron chi connectivity index (χ4n) is 3.61. The standard InChI is InChI=1S/C21H31N.C8H18.C7H16.3C2H6/c1-11-16(6)21(13-12-14(2)3)20(10)22-19(9)18(8)17(7)15(4)5;1-4-6-8(3)7-5-2;1-3-5-7-6-4-2;3*1-2/h12-13,22H,2,4,9-11H2,1,3,5-8H3;8H,4-7H2,1-3H3;3-7H2,1-2H3;3*1-2H3/b13-12-,18-17+,21-16-;;;;;. The lowest BCUT2D eigenvalue weighted by Crippen LogP contribution is -2.14. The van der Waals surface area contributed by atoms with Gasteiger partial charge in [-0.3, -0.25) is 0 Å². The molecule has 0 rings (SSSR count). The van der Waals surface area contributed by atoms with E-state index in [-0.39, 0.29) is 0 Å². The maximum atomic E-state index is 4.17. The Morgan fingerprint density at radius 3 is 1.30 bits per heavy atom. The van der Waals surface area contributed by atoms with E-state index in [1.807, 2.05) is 68.4 Å². The first kappa shape index (κ1) is 53.5. The molecule has 0 radical (unpaired) electrons. The van der Waals surface area contributed by atoms with Crippen LogP contribution < -0.4 is 5.32 Å². The van der Waals surface area contributed by atoms with Gasteiger partial charge in [0.25, 0.3) is 0 Å². The Hall–Kier alpha value is -2.02. The zero-order chi connectivity index (χ0) is 35.4. The molecule has 0 spiro atoms. The summed E-state index contributed by atoms with van der Waals surface area (Å²) in [5, 5.41) is 3.33. The monoisotopic (exact) mass is 602 g/mol. The van der Waals surface area contributed by atoms with E-state index in [9.17, 15) is 0 Å². The van der Waals surface area contributed by atoms with Crippen molar-refractivity contribution in [3.05, 3.63) is 83.3 Å². The summed E-state index contributed by atoms with van der Waals surface area (Å²) in [5.41, 5.74) is 8.42. The quantitative estimate of drug-likeness (QED) is 0.137. The van der Waals surface area contributed by atoms with Gasteiger partial charge in [0.15, 0.2) is 0 Å². The highest BCUT2D eigenvalue weighted by molar-refractivity contribution is 5.47. The highest BCUT2D eigenvalue weighted by Crippen LogP contribution is 2.21. The van der Waals surface area contributed by atoms with Crippen LogP contribution in [0.1, 0.15) is 182 Å². The number of hydrogen-bond donors (Lipinski definition) is 1. The highest BCUT2D eigenvalue weighted by atomic mass is 14.9. The molecule has 0 aromatic rings. The molecular formula is C42H83N. The average Bonchev–Trinajstić information content (AvgIpc) is 3.00. The van der Waals surface area contributed by atoms with Crippen LogP contribution in [0.15, 0.2) is 83.3 Å². The molecule has 256 valence electrons. The van der Waals surface area contributed by atoms with E-state index in [0.717, 1.165) is 51.6 Å². The van der Waals surface area contributed by atoms with Crippen LogP contribution in [-0.2, 0) is 0 Å². The third kappa shape index (κ3) is 38.0. The van der Waals surface area contributed by atoms with Gasteiger partial charge in [0, 0.05) is 11.4 Å². The van der Waals surface area contributed by atoms with Crippen molar-refractivity contribution in [1.82, 2.24) is 5.32 Å². The van der Waals surface area contributed by atoms with E-state index in [1.54, 1.807) is 0 Å². The molecule has 0 bridgehead atoms. The van der Waals surface area contributed by atoms with Gasteiger partial charge in [-0.05, 0) is 63.7 Å². The van der Waals surface area contributed by atoms with Crippen LogP contribution in [0.5, 0.6) is 0 Å². The Morgan fingerprint density at radius 2 is 1.00 bits per heavy atom. The average molecular weight is 602 g/mol. The third-order valence-electron chi connectivity index (χ3n) is 6.58. The minimum Gasteiger partial charge on any atom is -0.356 e. The number of rotatable bonds is 16. The topological polar surface area (TPSA) is 12.0 Å². The number of unbranched alkanes of at least 4 members (excludes halogenated alkanes) is 4. The molecule has 0 amide bonds. The van der Waals surface area contributed by atoms with Gasteiger partial charge in [-0.15, -0.1) is 0 Å². The predicted molar refractivity (Wildman–Crippen MR) is 209 cm³/mol. The fourth-order valence-corrected chi connectivity index (χ4v) is 3.61. The van der Waals surface area contributed by atoms with Crippen LogP contribution in [0.25, 0.3) is 0 Å². The zero-order valence-corrected chi connectivity index (χ0v) is 33.1. The van der Waals surface area contributed by atoms with Crippen LogP contribution in [-0.4, -0.2) is 0 Å². The van der Waals surface area contributed by atoms with Crippen LogP contribution in [0.3, 0.4) is 0 Å². The van der Waals surface area contributed by atoms with Crippen molar-refractivity contribution in [2.24, 2.45) is 5.92 Å². The minimum atomic E-state index is 0.857. The van der Waals surface area contributed by atoms with Gasteiger partial charge in [0.2, 0.25) is 0 Å². The van der Waals surface area contributed by atoms with Gasteiger partial charge in [0.05, 0.1) is 0 Å². The van der Waals surface area contributed by atoms with Crippen molar-refractivity contribution < 1.29 is 0 Å². The Bertz CT molecular complexity index is 744. The van der Waals surface area contributed by atoms with Crippen LogP contribution in [0.4, 0.5) is 0 Å². The van der Waals surface area contributed by atoms with Crippen LogP contribution in [0.2, 0.25) is 0 Å². The van der Waals surface area contributed by atoms with Gasteiger partial charge in [-0.25, -0.2) is 0 Å². The van der Waals surface area contributed by atoms with E-state index in [0.29, 0.717) is 0 Å². The molecule has 0 heterocycles. The summed E-state index contributed by atoms with van der Waals surface area (Å²) in [6.07, 6.45) is 17.6. The first-order valence-corrected chi connectivity index (χ1v) is 17.9. The SMILES string of the molecule is C=C(C)/C=C\C(C(=C)NC(=C)/C(C)=C(\C)C(=C)C)=C(/C)CC.CC.CC.CC.CCCC(C)CCC.CCCCCCC. The van der Waals surface area contributed by atoms with Gasteiger partial charge in [-0.1, -0.05) is 196 Å². The molecule has 43 heavy (non-hydrogen) atoms. The van der Waals surface area contributed by atoms with Gasteiger partial charge in [0.1, 0.15) is 0 Å². The molecule has 1 nitrogen and oxygen atoms in total. The van der Waals surface area contributed by atoms with E-state index in [4.69, 9.17) is 0 Å². The van der Waals surface area contributed by atoms with Crippen molar-refractivity contribution in [1.29, 1.82) is 0 Å². The van der Waals surface area contributed by atoms with E-state index in [2.05, 4.69) is 93.1 Å². The van der Waals surface area contributed by atoms with Crippen molar-refractivity contribution in [3.63, 3.8) is 0 Å². The largest absolute Gasteiger partial charge is 0.356 e. The molecule has 0 unspecified atom stereocenters. The zero-order valence-electron chi connectivity index (χ0n) is 33.1. The summed E-state index contributed by atoms with van der Waals surface area (Å²) in [6.45, 7) is 51.9. The van der Waals surface area contributed by atoms with E-state index >= 15 is 0 Å². The Morgan fingerprint density at radius 1 is 0.581 bits per heavy atom. The molecule has 1 N–H and O–H groups in total. The predicted octanol–water partition coefficient (Wildman–Crippen LogP) is 15.7. The van der Waals surface area contributed by atoms with Crippen molar-refractivity contribution in [2.45, 2.75) is 182 Å². The van der Waals surface area contributed by atoms with Crippen molar-refractivity contribution >= 4 is 0 Å². The molecule has 0 aliphatic rings. The van der Waals surface area contributed by atoms with Crippen molar-refractivity contribution in [2.75, 3.05) is 0 Å². The fraction of sp³-hybridized carbons (Fsp3) is 0.667. The molecule has 0 saturated heterocycles. The molecule has 0 aromatic carbocycles. The third-order valence-corrected chi connectivity index (χ3v) is 6.58. The Kier molecular flexibility index (Phi) is 52.4. The molecule has 0 aliphatic carbocycles. The van der Waals surface area contributed by atoms with Crippen molar-refractivity contribution in [3.8, 4) is 0 Å². The number of nitrogens with one attached hydrogen (secondary N) is 1. The van der Waals surface area contributed by atoms with E-state index < -0.39 is 0 Å². The van der Waals surface area contributed by atoms with Gasteiger partial charge in [-0.2, -0.15) is 0 Å². The maximum absolute atomic E-state index is 4.17. The first-order valence-electron chi connectivity index (χ1n) is 17.9. The molecule has 0 atom stereocenters. The molecule has 1 heteroatoms. The summed E-state index contributed by atoms with van der Waals surface area (Å²) >= 11 is 0. The number of hydrogen-bond acceptors (Lipinski definition) is 1. The first-order chi connectivity index (χ1) is 20.3. The molecule has 0 fully saturated rings. The lowest BCUT2D eigenvalue weighted by molar-refractivity contribution is 0.480. The number of allylic oxidation sites excluding steroid dienone is 7. The molecular weight excluding hydrogens is 518 g/mol. The molecule has 0 aromatic heterocycles. The molecule has 0 saturated carbocycles. The maximum Gasteiger partial charge on any atom is 0.0384 e. The second-order valence-electron chi connectivity index (χ2n) is 10.6. The summed E-state index contributed by atoms with van der Waals surface area (Å²) in [4.78, 5) is 0. The molecule has 0 aliphatic heterocycles.